The average Bonchev–Trinajstić information content (AvgIpc) is 2.30. The number of hydrogen-bond donors (Lipinski definition) is 1. The molecule has 0 unspecified atom stereocenters. The number of carbonyl (C=O) groups is 1. The van der Waals surface area contributed by atoms with Gasteiger partial charge in [-0.15, -0.1) is 0 Å². The Morgan fingerprint density at radius 2 is 1.75 bits per heavy atom. The van der Waals surface area contributed by atoms with Crippen LogP contribution < -0.4 is 0 Å². The minimum absolute atomic E-state index is 0.606. The summed E-state index contributed by atoms with van der Waals surface area (Å²) in [4.78, 5) is 10.8. The van der Waals surface area contributed by atoms with Crippen LogP contribution in [0, 0.1) is 0 Å². The highest BCUT2D eigenvalue weighted by atomic mass is 16.7. The summed E-state index contributed by atoms with van der Waals surface area (Å²) in [7, 11) is 0. The molecular weight excluding hydrogens is 204 g/mol. The van der Waals surface area contributed by atoms with Crippen molar-refractivity contribution in [2.75, 3.05) is 0 Å². The molecule has 1 saturated carbocycles. The predicted octanol–water partition coefficient (Wildman–Crippen LogP) is 3.54. The SMILES string of the molecule is O=C(O)OC1(c2ccccc2)CCCCC1. The molecule has 0 spiro atoms. The summed E-state index contributed by atoms with van der Waals surface area (Å²) in [5.74, 6) is 0. The van der Waals surface area contributed by atoms with Crippen LogP contribution in [0.3, 0.4) is 0 Å². The van der Waals surface area contributed by atoms with E-state index in [1.165, 1.54) is 0 Å². The number of benzene rings is 1. The zero-order valence-corrected chi connectivity index (χ0v) is 9.19. The van der Waals surface area contributed by atoms with Gasteiger partial charge in [0.25, 0.3) is 0 Å². The molecule has 1 aromatic rings. The van der Waals surface area contributed by atoms with E-state index in [1.807, 2.05) is 30.3 Å². The van der Waals surface area contributed by atoms with Crippen LogP contribution in [0.25, 0.3) is 0 Å². The molecule has 1 aromatic carbocycles. The van der Waals surface area contributed by atoms with Crippen molar-refractivity contribution in [2.24, 2.45) is 0 Å². The highest BCUT2D eigenvalue weighted by molar-refractivity contribution is 5.58. The minimum Gasteiger partial charge on any atom is -0.450 e. The highest BCUT2D eigenvalue weighted by Crippen LogP contribution is 2.40. The van der Waals surface area contributed by atoms with Crippen molar-refractivity contribution >= 4 is 6.16 Å². The van der Waals surface area contributed by atoms with Crippen LogP contribution in [0.15, 0.2) is 30.3 Å². The third kappa shape index (κ3) is 2.18. The van der Waals surface area contributed by atoms with Gasteiger partial charge in [-0.2, -0.15) is 0 Å². The van der Waals surface area contributed by atoms with E-state index in [-0.39, 0.29) is 0 Å². The molecule has 1 fully saturated rings. The van der Waals surface area contributed by atoms with Crippen molar-refractivity contribution in [1.29, 1.82) is 0 Å². The Balaban J connectivity index is 2.29. The van der Waals surface area contributed by atoms with Gasteiger partial charge in [0.05, 0.1) is 0 Å². The molecule has 86 valence electrons. The van der Waals surface area contributed by atoms with E-state index >= 15 is 0 Å². The second-order valence-electron chi connectivity index (χ2n) is 4.29. The number of rotatable bonds is 2. The molecule has 3 heteroatoms. The molecule has 2 rings (SSSR count). The lowest BCUT2D eigenvalue weighted by molar-refractivity contribution is -0.0461. The zero-order chi connectivity index (χ0) is 11.4. The quantitative estimate of drug-likeness (QED) is 0.775. The van der Waals surface area contributed by atoms with Crippen molar-refractivity contribution in [1.82, 2.24) is 0 Å². The van der Waals surface area contributed by atoms with E-state index in [1.54, 1.807) is 0 Å². The van der Waals surface area contributed by atoms with Crippen molar-refractivity contribution < 1.29 is 14.6 Å². The summed E-state index contributed by atoms with van der Waals surface area (Å²) >= 11 is 0. The van der Waals surface area contributed by atoms with Gasteiger partial charge in [-0.1, -0.05) is 36.8 Å². The van der Waals surface area contributed by atoms with E-state index in [4.69, 9.17) is 9.84 Å². The van der Waals surface area contributed by atoms with Crippen molar-refractivity contribution in [3.8, 4) is 0 Å². The van der Waals surface area contributed by atoms with E-state index in [9.17, 15) is 4.79 Å². The lowest BCUT2D eigenvalue weighted by atomic mass is 9.79. The Morgan fingerprint density at radius 3 is 2.31 bits per heavy atom. The molecule has 0 saturated heterocycles. The molecule has 1 aliphatic rings. The Kier molecular flexibility index (Phi) is 3.13. The number of hydrogen-bond acceptors (Lipinski definition) is 2. The standard InChI is InChI=1S/C13H16O3/c14-12(15)16-13(9-5-2-6-10-13)11-7-3-1-4-8-11/h1,3-4,7-8H,2,5-6,9-10H2,(H,14,15). The maximum atomic E-state index is 10.8. The third-order valence-corrected chi connectivity index (χ3v) is 3.24. The predicted molar refractivity (Wildman–Crippen MR) is 60.3 cm³/mol. The van der Waals surface area contributed by atoms with E-state index < -0.39 is 11.8 Å². The van der Waals surface area contributed by atoms with Gasteiger partial charge >= 0.3 is 6.16 Å². The van der Waals surface area contributed by atoms with Crippen LogP contribution in [0.5, 0.6) is 0 Å². The summed E-state index contributed by atoms with van der Waals surface area (Å²) < 4.78 is 5.18. The third-order valence-electron chi connectivity index (χ3n) is 3.24. The maximum absolute atomic E-state index is 10.8. The van der Waals surface area contributed by atoms with Gasteiger partial charge in [0.15, 0.2) is 0 Å². The lowest BCUT2D eigenvalue weighted by Gasteiger charge is -2.36. The first-order chi connectivity index (χ1) is 7.73. The highest BCUT2D eigenvalue weighted by Gasteiger charge is 2.37. The van der Waals surface area contributed by atoms with Crippen LogP contribution in [0.1, 0.15) is 37.7 Å². The molecule has 0 heterocycles. The summed E-state index contributed by atoms with van der Waals surface area (Å²) in [6.07, 6.45) is 3.64. The largest absolute Gasteiger partial charge is 0.506 e. The fraction of sp³-hybridized carbons (Fsp3) is 0.462. The van der Waals surface area contributed by atoms with Crippen LogP contribution >= 0.6 is 0 Å². The Bertz CT molecular complexity index is 353. The topological polar surface area (TPSA) is 46.5 Å². The van der Waals surface area contributed by atoms with Crippen molar-refractivity contribution in [2.45, 2.75) is 37.7 Å². The molecule has 0 bridgehead atoms. The second kappa shape index (κ2) is 4.56. The second-order valence-corrected chi connectivity index (χ2v) is 4.29. The summed E-state index contributed by atoms with van der Waals surface area (Å²) in [6.45, 7) is 0. The normalized spacial score (nSPS) is 19.0. The Hall–Kier alpha value is -1.51. The van der Waals surface area contributed by atoms with Gasteiger partial charge in [0.2, 0.25) is 0 Å². The van der Waals surface area contributed by atoms with E-state index in [0.717, 1.165) is 37.7 Å². The van der Waals surface area contributed by atoms with Gasteiger partial charge in [0, 0.05) is 0 Å². The Labute approximate surface area is 95.0 Å². The molecule has 0 aliphatic heterocycles. The lowest BCUT2D eigenvalue weighted by Crippen LogP contribution is -2.34. The molecule has 1 N–H and O–H groups in total. The molecule has 0 aromatic heterocycles. The van der Waals surface area contributed by atoms with Gasteiger partial charge < -0.3 is 9.84 Å². The molecule has 16 heavy (non-hydrogen) atoms. The monoisotopic (exact) mass is 220 g/mol. The van der Waals surface area contributed by atoms with Crippen molar-refractivity contribution in [3.05, 3.63) is 35.9 Å². The van der Waals surface area contributed by atoms with Crippen LogP contribution in [-0.4, -0.2) is 11.3 Å². The van der Waals surface area contributed by atoms with E-state index in [0.29, 0.717) is 0 Å². The molecule has 0 radical (unpaired) electrons. The zero-order valence-electron chi connectivity index (χ0n) is 9.19. The minimum atomic E-state index is -1.18. The fourth-order valence-electron chi connectivity index (χ4n) is 2.48. The van der Waals surface area contributed by atoms with Crippen LogP contribution in [0.2, 0.25) is 0 Å². The van der Waals surface area contributed by atoms with Gasteiger partial charge in [-0.3, -0.25) is 0 Å². The summed E-state index contributed by atoms with van der Waals surface area (Å²) in [5.41, 5.74) is 0.378. The first-order valence-electron chi connectivity index (χ1n) is 5.70. The van der Waals surface area contributed by atoms with Gasteiger partial charge in [-0.25, -0.2) is 4.79 Å². The molecule has 1 aliphatic carbocycles. The smallest absolute Gasteiger partial charge is 0.450 e. The van der Waals surface area contributed by atoms with Gasteiger partial charge in [0.1, 0.15) is 5.60 Å². The fourth-order valence-corrected chi connectivity index (χ4v) is 2.48. The van der Waals surface area contributed by atoms with E-state index in [2.05, 4.69) is 0 Å². The summed E-state index contributed by atoms with van der Waals surface area (Å²) in [5, 5.41) is 8.87. The van der Waals surface area contributed by atoms with Crippen LogP contribution in [0.4, 0.5) is 4.79 Å². The number of ether oxygens (including phenoxy) is 1. The summed E-state index contributed by atoms with van der Waals surface area (Å²) in [6, 6.07) is 9.69. The Morgan fingerprint density at radius 1 is 1.12 bits per heavy atom. The number of carboxylic acid groups (broad SMARTS) is 1. The van der Waals surface area contributed by atoms with Gasteiger partial charge in [-0.05, 0) is 31.2 Å². The maximum Gasteiger partial charge on any atom is 0.506 e. The first-order valence-corrected chi connectivity index (χ1v) is 5.70. The molecule has 3 nitrogen and oxygen atoms in total. The van der Waals surface area contributed by atoms with Crippen LogP contribution in [-0.2, 0) is 10.3 Å². The average molecular weight is 220 g/mol. The molecule has 0 amide bonds. The molecular formula is C13H16O3. The first kappa shape index (κ1) is 11.0. The molecule has 0 atom stereocenters. The van der Waals surface area contributed by atoms with Crippen molar-refractivity contribution in [3.63, 3.8) is 0 Å².